The van der Waals surface area contributed by atoms with Crippen molar-refractivity contribution in [3.63, 3.8) is 0 Å². The van der Waals surface area contributed by atoms with Crippen LogP contribution in [-0.2, 0) is 14.3 Å². The van der Waals surface area contributed by atoms with E-state index < -0.39 is 10.3 Å². The second-order valence-corrected chi connectivity index (χ2v) is 8.16. The predicted molar refractivity (Wildman–Crippen MR) is 102 cm³/mol. The van der Waals surface area contributed by atoms with Gasteiger partial charge in [0.2, 0.25) is 9.37 Å². The standard InChI is InChI=1S/C17H19N3O3S2/c1-5-23-16(22)15-18-20(13-9-7-6-8-10-13)17(25-15)19(4)11(2)14(24-17)12(3)21/h6-10H,5H2,1-4H3/t17-/m0/s1. The molecule has 6 nitrogen and oxygen atoms in total. The summed E-state index contributed by atoms with van der Waals surface area (Å²) >= 11 is 2.71. The van der Waals surface area contributed by atoms with Gasteiger partial charge < -0.3 is 9.64 Å². The molecule has 0 saturated carbocycles. The number of Topliss-reactive ketones (excluding diaryl/α,β-unsaturated/α-hetero) is 1. The zero-order chi connectivity index (χ0) is 18.2. The molecule has 0 aromatic heterocycles. The molecule has 1 aromatic rings. The Bertz CT molecular complexity index is 779. The molecule has 0 amide bonds. The lowest BCUT2D eigenvalue weighted by atomic mass is 10.3. The van der Waals surface area contributed by atoms with E-state index in [9.17, 15) is 9.59 Å². The first kappa shape index (κ1) is 17.9. The third-order valence-corrected chi connectivity index (χ3v) is 7.10. The van der Waals surface area contributed by atoms with Crippen LogP contribution in [0.25, 0.3) is 0 Å². The fourth-order valence-electron chi connectivity index (χ4n) is 2.65. The molecule has 0 radical (unpaired) electrons. The fraction of sp³-hybridized carbons (Fsp3) is 0.353. The minimum Gasteiger partial charge on any atom is -0.461 e. The van der Waals surface area contributed by atoms with E-state index in [4.69, 9.17) is 4.74 Å². The number of ketones is 1. The summed E-state index contributed by atoms with van der Waals surface area (Å²) in [6.45, 7) is 5.51. The lowest BCUT2D eigenvalue weighted by molar-refractivity contribution is -0.134. The molecule has 132 valence electrons. The van der Waals surface area contributed by atoms with Crippen molar-refractivity contribution < 1.29 is 14.3 Å². The summed E-state index contributed by atoms with van der Waals surface area (Å²) in [7, 11) is 1.91. The number of allylic oxidation sites excluding steroid dienone is 2. The van der Waals surface area contributed by atoms with E-state index in [1.165, 1.54) is 23.5 Å². The molecular formula is C17H19N3O3S2. The van der Waals surface area contributed by atoms with E-state index in [1.807, 2.05) is 49.2 Å². The van der Waals surface area contributed by atoms with Crippen molar-refractivity contribution in [1.82, 2.24) is 4.90 Å². The maximum absolute atomic E-state index is 12.3. The number of carbonyl (C=O) groups excluding carboxylic acids is 2. The van der Waals surface area contributed by atoms with Gasteiger partial charge in [-0.15, -0.1) is 0 Å². The van der Waals surface area contributed by atoms with Crippen molar-refractivity contribution in [2.45, 2.75) is 25.1 Å². The van der Waals surface area contributed by atoms with Gasteiger partial charge in [-0.2, -0.15) is 5.10 Å². The highest BCUT2D eigenvalue weighted by Gasteiger charge is 2.55. The molecule has 0 aliphatic carbocycles. The topological polar surface area (TPSA) is 62.2 Å². The highest BCUT2D eigenvalue weighted by Crippen LogP contribution is 2.58. The SMILES string of the molecule is CCOC(=O)C1=NN(c2ccccc2)[C@]2(S1)SC(C(C)=O)=C(C)N2C. The van der Waals surface area contributed by atoms with E-state index in [1.54, 1.807) is 18.9 Å². The summed E-state index contributed by atoms with van der Waals surface area (Å²) in [6, 6.07) is 9.60. The van der Waals surface area contributed by atoms with Crippen molar-refractivity contribution in [3.8, 4) is 0 Å². The van der Waals surface area contributed by atoms with E-state index in [-0.39, 0.29) is 17.4 Å². The first-order valence-electron chi connectivity index (χ1n) is 7.85. The van der Waals surface area contributed by atoms with Crippen LogP contribution in [0.4, 0.5) is 5.69 Å². The molecule has 2 aliphatic heterocycles. The molecular weight excluding hydrogens is 358 g/mol. The number of hydrogen-bond donors (Lipinski definition) is 0. The molecule has 0 unspecified atom stereocenters. The molecule has 8 heteroatoms. The number of ether oxygens (including phenoxy) is 1. The fourth-order valence-corrected chi connectivity index (χ4v) is 5.53. The number of esters is 1. The van der Waals surface area contributed by atoms with Crippen molar-refractivity contribution in [2.24, 2.45) is 5.10 Å². The Morgan fingerprint density at radius 1 is 1.24 bits per heavy atom. The summed E-state index contributed by atoms with van der Waals surface area (Å²) in [4.78, 5) is 27.0. The van der Waals surface area contributed by atoms with Gasteiger partial charge in [0.05, 0.1) is 17.2 Å². The van der Waals surface area contributed by atoms with Gasteiger partial charge in [0, 0.05) is 12.7 Å². The van der Waals surface area contributed by atoms with E-state index >= 15 is 0 Å². The largest absolute Gasteiger partial charge is 0.461 e. The summed E-state index contributed by atoms with van der Waals surface area (Å²) in [5.41, 5.74) is 1.71. The Balaban J connectivity index is 2.04. The molecule has 2 heterocycles. The Morgan fingerprint density at radius 2 is 1.92 bits per heavy atom. The second kappa shape index (κ2) is 6.76. The van der Waals surface area contributed by atoms with Gasteiger partial charge in [-0.3, -0.25) is 4.79 Å². The van der Waals surface area contributed by atoms with Crippen LogP contribution < -0.4 is 5.01 Å². The van der Waals surface area contributed by atoms with Gasteiger partial charge in [0.1, 0.15) is 0 Å². The normalized spacial score (nSPS) is 22.6. The molecule has 0 N–H and O–H groups in total. The number of benzene rings is 1. The highest BCUT2D eigenvalue weighted by atomic mass is 32.2. The highest BCUT2D eigenvalue weighted by molar-refractivity contribution is 8.28. The van der Waals surface area contributed by atoms with E-state index in [2.05, 4.69) is 5.10 Å². The minimum atomic E-state index is -0.755. The van der Waals surface area contributed by atoms with Gasteiger partial charge in [0.25, 0.3) is 0 Å². The Hall–Kier alpha value is -1.93. The number of hydrogen-bond acceptors (Lipinski definition) is 8. The van der Waals surface area contributed by atoms with Gasteiger partial charge in [-0.25, -0.2) is 9.80 Å². The molecule has 1 atom stereocenters. The number of anilines is 1. The first-order chi connectivity index (χ1) is 11.9. The molecule has 1 spiro atoms. The van der Waals surface area contributed by atoms with Crippen LogP contribution in [0.2, 0.25) is 0 Å². The summed E-state index contributed by atoms with van der Waals surface area (Å²) in [5, 5.41) is 6.59. The smallest absolute Gasteiger partial charge is 0.365 e. The van der Waals surface area contributed by atoms with Crippen molar-refractivity contribution in [3.05, 3.63) is 40.9 Å². The molecule has 25 heavy (non-hydrogen) atoms. The number of carbonyl (C=O) groups is 2. The number of thioether (sulfide) groups is 2. The van der Waals surface area contributed by atoms with Crippen LogP contribution in [0.3, 0.4) is 0 Å². The van der Waals surface area contributed by atoms with Crippen LogP contribution in [0.15, 0.2) is 46.0 Å². The monoisotopic (exact) mass is 377 g/mol. The zero-order valence-electron chi connectivity index (χ0n) is 14.5. The first-order valence-corrected chi connectivity index (χ1v) is 9.48. The van der Waals surface area contributed by atoms with Crippen molar-refractivity contribution >= 4 is 46.0 Å². The molecule has 0 bridgehead atoms. The Kier molecular flexibility index (Phi) is 4.83. The molecule has 2 aliphatic rings. The average Bonchev–Trinajstić information content (AvgIpc) is 3.10. The zero-order valence-corrected chi connectivity index (χ0v) is 16.1. The van der Waals surface area contributed by atoms with Gasteiger partial charge in [0.15, 0.2) is 5.78 Å². The van der Waals surface area contributed by atoms with Crippen LogP contribution in [0.5, 0.6) is 0 Å². The van der Waals surface area contributed by atoms with Gasteiger partial charge >= 0.3 is 5.97 Å². The summed E-state index contributed by atoms with van der Waals surface area (Å²) in [6.07, 6.45) is 0. The Morgan fingerprint density at radius 3 is 2.48 bits per heavy atom. The maximum Gasteiger partial charge on any atom is 0.365 e. The third kappa shape index (κ3) is 2.93. The lowest BCUT2D eigenvalue weighted by Gasteiger charge is -2.39. The quantitative estimate of drug-likeness (QED) is 0.747. The van der Waals surface area contributed by atoms with Crippen LogP contribution in [0.1, 0.15) is 20.8 Å². The van der Waals surface area contributed by atoms with E-state index in [0.717, 1.165) is 11.4 Å². The molecule has 0 fully saturated rings. The summed E-state index contributed by atoms with van der Waals surface area (Å²) < 4.78 is 4.37. The lowest BCUT2D eigenvalue weighted by Crippen LogP contribution is -2.47. The number of hydrazone groups is 1. The van der Waals surface area contributed by atoms with Crippen LogP contribution in [-0.4, -0.2) is 39.7 Å². The van der Waals surface area contributed by atoms with E-state index in [0.29, 0.717) is 4.91 Å². The predicted octanol–water partition coefficient (Wildman–Crippen LogP) is 3.23. The summed E-state index contributed by atoms with van der Waals surface area (Å²) in [5.74, 6) is -0.447. The van der Waals surface area contributed by atoms with Gasteiger partial charge in [-0.1, -0.05) is 30.0 Å². The Labute approximate surface area is 155 Å². The average molecular weight is 377 g/mol. The molecule has 3 rings (SSSR count). The van der Waals surface area contributed by atoms with Gasteiger partial charge in [-0.05, 0) is 44.7 Å². The van der Waals surface area contributed by atoms with Crippen LogP contribution in [0, 0.1) is 0 Å². The van der Waals surface area contributed by atoms with Crippen molar-refractivity contribution in [1.29, 1.82) is 0 Å². The minimum absolute atomic E-state index is 0.00409. The molecule has 0 saturated heterocycles. The number of rotatable bonds is 4. The second-order valence-electron chi connectivity index (χ2n) is 5.56. The maximum atomic E-state index is 12.3. The number of nitrogens with zero attached hydrogens (tertiary/aromatic N) is 3. The molecule has 1 aromatic carbocycles. The van der Waals surface area contributed by atoms with Crippen molar-refractivity contribution in [2.75, 3.05) is 18.7 Å². The third-order valence-electron chi connectivity index (χ3n) is 3.95. The number of para-hydroxylation sites is 1. The van der Waals surface area contributed by atoms with Crippen LogP contribution >= 0.6 is 23.5 Å².